The van der Waals surface area contributed by atoms with Crippen LogP contribution in [0.5, 0.6) is 11.5 Å². The van der Waals surface area contributed by atoms with E-state index in [1.807, 2.05) is 24.3 Å². The normalized spacial score (nSPS) is 17.0. The monoisotopic (exact) mass is 370 g/mol. The fourth-order valence-electron chi connectivity index (χ4n) is 3.50. The lowest BCUT2D eigenvalue weighted by molar-refractivity contribution is -0.147. The van der Waals surface area contributed by atoms with Gasteiger partial charge in [0.2, 0.25) is 0 Å². The summed E-state index contributed by atoms with van der Waals surface area (Å²) in [6, 6.07) is 14.0. The maximum Gasteiger partial charge on any atom is 0.305 e. The lowest BCUT2D eigenvalue weighted by atomic mass is 9.73. The molecule has 2 aromatic rings. The molecule has 1 atom stereocenters. The molecule has 0 radical (unpaired) electrons. The second kappa shape index (κ2) is 8.44. The molecule has 1 aliphatic heterocycles. The number of hydrogen-bond acceptors (Lipinski definition) is 5. The van der Waals surface area contributed by atoms with Crippen LogP contribution in [0.25, 0.3) is 0 Å². The SMILES string of the molecule is CC(CCC(=O)OCC1CCCO1)(c1ccc(O)cc1)c1ccc(O)cc1. The molecule has 0 aliphatic carbocycles. The molecule has 1 fully saturated rings. The van der Waals surface area contributed by atoms with Gasteiger partial charge in [-0.25, -0.2) is 0 Å². The van der Waals surface area contributed by atoms with E-state index in [0.29, 0.717) is 13.0 Å². The third-order valence-corrected chi connectivity index (χ3v) is 5.29. The summed E-state index contributed by atoms with van der Waals surface area (Å²) in [6.07, 6.45) is 2.79. The van der Waals surface area contributed by atoms with Crippen molar-refractivity contribution in [1.29, 1.82) is 0 Å². The third kappa shape index (κ3) is 4.80. The van der Waals surface area contributed by atoms with Crippen molar-refractivity contribution in [3.05, 3.63) is 59.7 Å². The predicted octanol–water partition coefficient (Wildman–Crippen LogP) is 3.91. The Morgan fingerprint density at radius 2 is 1.63 bits per heavy atom. The second-order valence-corrected chi connectivity index (χ2v) is 7.24. The van der Waals surface area contributed by atoms with Crippen LogP contribution < -0.4 is 0 Å². The Kier molecular flexibility index (Phi) is 6.01. The molecule has 1 aliphatic rings. The summed E-state index contributed by atoms with van der Waals surface area (Å²) in [4.78, 5) is 12.3. The van der Waals surface area contributed by atoms with Gasteiger partial charge in [0, 0.05) is 18.4 Å². The van der Waals surface area contributed by atoms with E-state index < -0.39 is 5.41 Å². The van der Waals surface area contributed by atoms with Crippen molar-refractivity contribution in [1.82, 2.24) is 0 Å². The van der Waals surface area contributed by atoms with Gasteiger partial charge in [0.25, 0.3) is 0 Å². The summed E-state index contributed by atoms with van der Waals surface area (Å²) in [7, 11) is 0. The fourth-order valence-corrected chi connectivity index (χ4v) is 3.50. The van der Waals surface area contributed by atoms with Gasteiger partial charge in [-0.2, -0.15) is 0 Å². The molecule has 144 valence electrons. The molecule has 2 N–H and O–H groups in total. The molecule has 1 heterocycles. The van der Waals surface area contributed by atoms with Crippen molar-refractivity contribution in [2.75, 3.05) is 13.2 Å². The first kappa shape index (κ1) is 19.2. The van der Waals surface area contributed by atoms with E-state index in [2.05, 4.69) is 6.92 Å². The van der Waals surface area contributed by atoms with Gasteiger partial charge in [-0.05, 0) is 54.7 Å². The molecule has 0 spiro atoms. The highest BCUT2D eigenvalue weighted by Gasteiger charge is 2.30. The minimum atomic E-state index is -0.454. The molecule has 3 rings (SSSR count). The molecule has 0 amide bonds. The molecule has 0 bridgehead atoms. The van der Waals surface area contributed by atoms with Crippen LogP contribution in [0.4, 0.5) is 0 Å². The summed E-state index contributed by atoms with van der Waals surface area (Å²) in [5.74, 6) is 0.153. The van der Waals surface area contributed by atoms with E-state index in [9.17, 15) is 15.0 Å². The van der Waals surface area contributed by atoms with Gasteiger partial charge in [-0.15, -0.1) is 0 Å². The lowest BCUT2D eigenvalue weighted by Gasteiger charge is -2.31. The Morgan fingerprint density at radius 1 is 1.07 bits per heavy atom. The minimum Gasteiger partial charge on any atom is -0.508 e. The Bertz CT molecular complexity index is 700. The average Bonchev–Trinajstić information content (AvgIpc) is 3.19. The second-order valence-electron chi connectivity index (χ2n) is 7.24. The van der Waals surface area contributed by atoms with E-state index in [4.69, 9.17) is 9.47 Å². The highest BCUT2D eigenvalue weighted by Crippen LogP contribution is 2.37. The lowest BCUT2D eigenvalue weighted by Crippen LogP contribution is -2.26. The number of benzene rings is 2. The van der Waals surface area contributed by atoms with E-state index in [1.165, 1.54) is 0 Å². The van der Waals surface area contributed by atoms with Crippen molar-refractivity contribution in [3.63, 3.8) is 0 Å². The molecular formula is C22H26O5. The summed E-state index contributed by atoms with van der Waals surface area (Å²) in [5, 5.41) is 19.2. The maximum absolute atomic E-state index is 12.3. The van der Waals surface area contributed by atoms with Crippen LogP contribution in [0.15, 0.2) is 48.5 Å². The Hall–Kier alpha value is -2.53. The molecular weight excluding hydrogens is 344 g/mol. The third-order valence-electron chi connectivity index (χ3n) is 5.29. The number of hydrogen-bond donors (Lipinski definition) is 2. The molecule has 0 aromatic heterocycles. The first-order chi connectivity index (χ1) is 13.0. The largest absolute Gasteiger partial charge is 0.508 e. The van der Waals surface area contributed by atoms with Crippen LogP contribution in [-0.2, 0) is 19.7 Å². The van der Waals surface area contributed by atoms with Crippen molar-refractivity contribution in [3.8, 4) is 11.5 Å². The summed E-state index contributed by atoms with van der Waals surface area (Å²) >= 11 is 0. The van der Waals surface area contributed by atoms with Crippen LogP contribution >= 0.6 is 0 Å². The fraction of sp³-hybridized carbons (Fsp3) is 0.409. The van der Waals surface area contributed by atoms with Crippen molar-refractivity contribution in [2.45, 2.75) is 44.1 Å². The average molecular weight is 370 g/mol. The van der Waals surface area contributed by atoms with Gasteiger partial charge in [-0.1, -0.05) is 31.2 Å². The zero-order valence-electron chi connectivity index (χ0n) is 15.6. The molecule has 2 aromatic carbocycles. The standard InChI is InChI=1S/C22H26O5/c1-22(16-4-8-18(23)9-5-16,17-6-10-19(24)11-7-17)13-12-21(25)27-15-20-3-2-14-26-20/h4-11,20,23-24H,2-3,12-15H2,1H3. The Morgan fingerprint density at radius 3 is 2.11 bits per heavy atom. The summed E-state index contributed by atoms with van der Waals surface area (Å²) < 4.78 is 10.9. The van der Waals surface area contributed by atoms with Crippen LogP contribution in [0.1, 0.15) is 43.7 Å². The number of aromatic hydroxyl groups is 2. The van der Waals surface area contributed by atoms with Crippen LogP contribution in [0.3, 0.4) is 0 Å². The highest BCUT2D eigenvalue weighted by molar-refractivity contribution is 5.69. The Balaban J connectivity index is 1.72. The van der Waals surface area contributed by atoms with E-state index >= 15 is 0 Å². The first-order valence-corrected chi connectivity index (χ1v) is 9.33. The van der Waals surface area contributed by atoms with Crippen molar-refractivity contribution < 1.29 is 24.5 Å². The smallest absolute Gasteiger partial charge is 0.305 e. The van der Waals surface area contributed by atoms with Gasteiger partial charge in [0.05, 0.1) is 6.10 Å². The van der Waals surface area contributed by atoms with Crippen molar-refractivity contribution in [2.24, 2.45) is 0 Å². The van der Waals surface area contributed by atoms with Crippen LogP contribution in [-0.4, -0.2) is 35.5 Å². The highest BCUT2D eigenvalue weighted by atomic mass is 16.6. The quantitative estimate of drug-likeness (QED) is 0.723. The number of phenolic OH excluding ortho intramolecular Hbond substituents is 2. The van der Waals surface area contributed by atoms with Crippen molar-refractivity contribution >= 4 is 5.97 Å². The number of carbonyl (C=O) groups is 1. The molecule has 27 heavy (non-hydrogen) atoms. The first-order valence-electron chi connectivity index (χ1n) is 9.33. The minimum absolute atomic E-state index is 0.0227. The topological polar surface area (TPSA) is 76.0 Å². The molecule has 1 unspecified atom stereocenters. The van der Waals surface area contributed by atoms with Crippen LogP contribution in [0.2, 0.25) is 0 Å². The molecule has 5 nitrogen and oxygen atoms in total. The van der Waals surface area contributed by atoms with Gasteiger partial charge in [0.15, 0.2) is 0 Å². The van der Waals surface area contributed by atoms with Gasteiger partial charge < -0.3 is 19.7 Å². The predicted molar refractivity (Wildman–Crippen MR) is 102 cm³/mol. The summed E-state index contributed by atoms with van der Waals surface area (Å²) in [6.45, 7) is 3.11. The Labute approximate surface area is 159 Å². The number of phenols is 2. The maximum atomic E-state index is 12.3. The van der Waals surface area contributed by atoms with E-state index in [0.717, 1.165) is 30.6 Å². The number of carbonyl (C=O) groups excluding carboxylic acids is 1. The number of ether oxygens (including phenoxy) is 2. The zero-order chi connectivity index (χ0) is 19.3. The van der Waals surface area contributed by atoms with E-state index in [1.54, 1.807) is 24.3 Å². The molecule has 1 saturated heterocycles. The summed E-state index contributed by atoms with van der Waals surface area (Å²) in [5.41, 5.74) is 1.51. The van der Waals surface area contributed by atoms with E-state index in [-0.39, 0.29) is 30.0 Å². The van der Waals surface area contributed by atoms with Gasteiger partial charge in [-0.3, -0.25) is 4.79 Å². The zero-order valence-corrected chi connectivity index (χ0v) is 15.6. The van der Waals surface area contributed by atoms with Crippen LogP contribution in [0, 0.1) is 0 Å². The molecule has 5 heteroatoms. The molecule has 0 saturated carbocycles. The number of esters is 1. The van der Waals surface area contributed by atoms with Gasteiger partial charge in [0.1, 0.15) is 18.1 Å². The number of rotatable bonds is 7. The van der Waals surface area contributed by atoms with Gasteiger partial charge >= 0.3 is 5.97 Å².